The third-order valence-electron chi connectivity index (χ3n) is 2.19. The minimum absolute atomic E-state index is 0.0203. The maximum Gasteiger partial charge on any atom is 0.340 e. The molecule has 0 aromatic heterocycles. The first-order valence-corrected chi connectivity index (χ1v) is 6.98. The molecular weight excluding hydrogens is 327 g/mol. The molecule has 0 saturated heterocycles. The highest BCUT2D eigenvalue weighted by atomic mass is 35.5. The molecule has 0 aliphatic heterocycles. The van der Waals surface area contributed by atoms with Gasteiger partial charge in [0.15, 0.2) is 0 Å². The van der Waals surface area contributed by atoms with E-state index in [-0.39, 0.29) is 31.4 Å². The van der Waals surface area contributed by atoms with Crippen LogP contribution in [-0.4, -0.2) is 59.5 Å². The van der Waals surface area contributed by atoms with E-state index < -0.39 is 18.1 Å². The molecule has 4 amide bonds. The second-order valence-electron chi connectivity index (χ2n) is 3.82. The van der Waals surface area contributed by atoms with Gasteiger partial charge in [-0.05, 0) is 6.92 Å². The number of amides is 4. The van der Waals surface area contributed by atoms with Crippen LogP contribution in [0.15, 0.2) is 10.6 Å². The zero-order chi connectivity index (χ0) is 16.3. The number of urea groups is 2. The summed E-state index contributed by atoms with van der Waals surface area (Å²) in [6, 6.07) is -1.98. The smallest absolute Gasteiger partial charge is 0.334 e. The van der Waals surface area contributed by atoms with E-state index in [0.29, 0.717) is 10.0 Å². The Balaban J connectivity index is 4.22. The Morgan fingerprint density at radius 3 is 1.95 bits per heavy atom. The number of carbonyl (C=O) groups is 2. The highest BCUT2D eigenvalue weighted by Crippen LogP contribution is 1.95. The molecule has 0 aromatic rings. The molecule has 2 N–H and O–H groups in total. The molecule has 0 heterocycles. The molecule has 0 bridgehead atoms. The monoisotopic (exact) mass is 342 g/mol. The average molecular weight is 343 g/mol. The molecule has 1 atom stereocenters. The third kappa shape index (κ3) is 7.61. The Hall–Kier alpha value is -1.68. The maximum absolute atomic E-state index is 11.6. The van der Waals surface area contributed by atoms with Crippen LogP contribution in [0.3, 0.4) is 0 Å². The van der Waals surface area contributed by atoms with Crippen LogP contribution in [0, 0.1) is 9.81 Å². The van der Waals surface area contributed by atoms with E-state index in [9.17, 15) is 19.4 Å². The molecule has 0 spiro atoms. The third-order valence-corrected chi connectivity index (χ3v) is 2.53. The lowest BCUT2D eigenvalue weighted by Gasteiger charge is -2.19. The molecule has 0 aliphatic rings. The van der Waals surface area contributed by atoms with Gasteiger partial charge in [-0.2, -0.15) is 10.0 Å². The quantitative estimate of drug-likeness (QED) is 0.371. The number of carbonyl (C=O) groups excluding carboxylic acids is 2. The molecule has 0 rings (SSSR count). The number of hydrogen-bond acceptors (Lipinski definition) is 6. The van der Waals surface area contributed by atoms with E-state index in [2.05, 4.69) is 21.2 Å². The number of hydrogen-bond donors (Lipinski definition) is 2. The first-order valence-electron chi connectivity index (χ1n) is 5.92. The maximum atomic E-state index is 11.6. The van der Waals surface area contributed by atoms with Crippen LogP contribution in [0.25, 0.3) is 0 Å². The molecule has 1 unspecified atom stereocenters. The number of nitrogens with one attached hydrogen (secondary N) is 2. The first-order chi connectivity index (χ1) is 9.99. The zero-order valence-electron chi connectivity index (χ0n) is 11.3. The number of halogens is 2. The van der Waals surface area contributed by atoms with Crippen LogP contribution < -0.4 is 10.6 Å². The highest BCUT2D eigenvalue weighted by Gasteiger charge is 2.18. The predicted molar refractivity (Wildman–Crippen MR) is 77.8 cm³/mol. The van der Waals surface area contributed by atoms with Crippen molar-refractivity contribution in [3.8, 4) is 0 Å². The second kappa shape index (κ2) is 11.0. The van der Waals surface area contributed by atoms with Crippen molar-refractivity contribution in [2.75, 3.05) is 31.4 Å². The Morgan fingerprint density at radius 1 is 1.05 bits per heavy atom. The van der Waals surface area contributed by atoms with Gasteiger partial charge in [-0.15, -0.1) is 33.0 Å². The van der Waals surface area contributed by atoms with Crippen molar-refractivity contribution in [3.05, 3.63) is 9.81 Å². The number of rotatable bonds is 9. The van der Waals surface area contributed by atoms with Crippen LogP contribution in [0.1, 0.15) is 6.92 Å². The molecule has 0 fully saturated rings. The topological polar surface area (TPSA) is 124 Å². The molecule has 12 heteroatoms. The standard InChI is InChI=1S/C9H16Cl2N6O4/c1-7(13-9(19)17(15-21)5-3-11)6-12-8(18)16(14-20)4-2-10/h7H,2-6H2,1H3,(H,12,18)(H,13,19). The average Bonchev–Trinajstić information content (AvgIpc) is 2.47. The van der Waals surface area contributed by atoms with Gasteiger partial charge in [0.2, 0.25) is 0 Å². The summed E-state index contributed by atoms with van der Waals surface area (Å²) in [6.07, 6.45) is 0. The van der Waals surface area contributed by atoms with Crippen molar-refractivity contribution in [1.82, 2.24) is 20.7 Å². The fourth-order valence-electron chi connectivity index (χ4n) is 1.19. The van der Waals surface area contributed by atoms with E-state index in [1.807, 2.05) is 0 Å². The number of nitroso groups, excluding NO2 is 2. The molecule has 0 aliphatic carbocycles. The van der Waals surface area contributed by atoms with Crippen LogP contribution in [0.4, 0.5) is 9.59 Å². The first kappa shape index (κ1) is 19.3. The summed E-state index contributed by atoms with van der Waals surface area (Å²) < 4.78 is 0. The predicted octanol–water partition coefficient (Wildman–Crippen LogP) is 1.24. The van der Waals surface area contributed by atoms with Gasteiger partial charge in [0.05, 0.1) is 23.7 Å². The van der Waals surface area contributed by atoms with Crippen molar-refractivity contribution in [2.45, 2.75) is 13.0 Å². The van der Waals surface area contributed by atoms with Crippen LogP contribution in [0.2, 0.25) is 0 Å². The van der Waals surface area contributed by atoms with Gasteiger partial charge in [-0.3, -0.25) is 0 Å². The molecule has 0 aromatic carbocycles. The van der Waals surface area contributed by atoms with E-state index >= 15 is 0 Å². The molecule has 21 heavy (non-hydrogen) atoms. The van der Waals surface area contributed by atoms with Crippen molar-refractivity contribution >= 4 is 35.3 Å². The van der Waals surface area contributed by atoms with Gasteiger partial charge in [0.1, 0.15) is 0 Å². The minimum atomic E-state index is -0.738. The second-order valence-corrected chi connectivity index (χ2v) is 4.58. The van der Waals surface area contributed by atoms with Crippen LogP contribution in [0.5, 0.6) is 0 Å². The van der Waals surface area contributed by atoms with Gasteiger partial charge >= 0.3 is 12.1 Å². The summed E-state index contributed by atoms with van der Waals surface area (Å²) in [5.74, 6) is 0.118. The molecule has 10 nitrogen and oxygen atoms in total. The fraction of sp³-hybridized carbons (Fsp3) is 0.778. The van der Waals surface area contributed by atoms with Gasteiger partial charge in [-0.25, -0.2) is 9.59 Å². The molecule has 120 valence electrons. The van der Waals surface area contributed by atoms with Gasteiger partial charge in [0, 0.05) is 24.3 Å². The fourth-order valence-corrected chi connectivity index (χ4v) is 1.51. The summed E-state index contributed by atoms with van der Waals surface area (Å²) >= 11 is 10.8. The summed E-state index contributed by atoms with van der Waals surface area (Å²) in [6.45, 7) is 1.54. The summed E-state index contributed by atoms with van der Waals surface area (Å²) in [4.78, 5) is 43.8. The van der Waals surface area contributed by atoms with E-state index in [1.165, 1.54) is 0 Å². The van der Waals surface area contributed by atoms with Crippen LogP contribution >= 0.6 is 23.2 Å². The zero-order valence-corrected chi connectivity index (χ0v) is 12.8. The van der Waals surface area contributed by atoms with Crippen LogP contribution in [-0.2, 0) is 0 Å². The van der Waals surface area contributed by atoms with Crippen molar-refractivity contribution in [1.29, 1.82) is 0 Å². The lowest BCUT2D eigenvalue weighted by Crippen LogP contribution is -2.48. The van der Waals surface area contributed by atoms with E-state index in [4.69, 9.17) is 23.2 Å². The van der Waals surface area contributed by atoms with Crippen molar-refractivity contribution in [3.63, 3.8) is 0 Å². The molecule has 0 saturated carbocycles. The number of nitrogens with zero attached hydrogens (tertiary/aromatic N) is 4. The normalized spacial score (nSPS) is 11.2. The van der Waals surface area contributed by atoms with Gasteiger partial charge < -0.3 is 10.6 Å². The minimum Gasteiger partial charge on any atom is -0.334 e. The summed E-state index contributed by atoms with van der Waals surface area (Å²) in [7, 11) is 0. The van der Waals surface area contributed by atoms with E-state index in [1.54, 1.807) is 6.92 Å². The SMILES string of the molecule is CC(CNC(=O)N(CCCl)N=O)NC(=O)N(CCCl)N=O. The Labute approximate surface area is 131 Å². The Morgan fingerprint density at radius 2 is 1.52 bits per heavy atom. The van der Waals surface area contributed by atoms with Gasteiger partial charge in [-0.1, -0.05) is 0 Å². The van der Waals surface area contributed by atoms with Gasteiger partial charge in [0.25, 0.3) is 0 Å². The lowest BCUT2D eigenvalue weighted by atomic mass is 10.3. The molecular formula is C9H16Cl2N6O4. The lowest BCUT2D eigenvalue weighted by molar-refractivity contribution is 0.193. The van der Waals surface area contributed by atoms with Crippen molar-refractivity contribution in [2.24, 2.45) is 10.6 Å². The Kier molecular flexibility index (Phi) is 10.1. The highest BCUT2D eigenvalue weighted by molar-refractivity contribution is 6.18. The Bertz CT molecular complexity index is 372. The van der Waals surface area contributed by atoms with E-state index in [0.717, 1.165) is 0 Å². The summed E-state index contributed by atoms with van der Waals surface area (Å²) in [5.41, 5.74) is 0. The van der Waals surface area contributed by atoms with Crippen molar-refractivity contribution < 1.29 is 9.59 Å². The summed E-state index contributed by atoms with van der Waals surface area (Å²) in [5, 5.41) is 11.1. The molecule has 0 radical (unpaired) electrons. The largest absolute Gasteiger partial charge is 0.340 e. The number of alkyl halides is 2.